The van der Waals surface area contributed by atoms with E-state index in [4.69, 9.17) is 0 Å². The van der Waals surface area contributed by atoms with Gasteiger partial charge in [0.2, 0.25) is 0 Å². The van der Waals surface area contributed by atoms with Crippen molar-refractivity contribution < 1.29 is 0 Å². The summed E-state index contributed by atoms with van der Waals surface area (Å²) in [5.41, 5.74) is 23.1. The second kappa shape index (κ2) is 15.7. The van der Waals surface area contributed by atoms with Crippen molar-refractivity contribution in [2.75, 3.05) is 9.80 Å². The molecule has 314 valence electrons. The topological polar surface area (TPSA) is 11.4 Å². The standard InChI is InChI=1S/C62H51N3/c1-4-18-42(19-5-1)44-32-36-47(37-33-44)63(48-38-34-45(35-39-48)43-20-6-2-7-21-43)60-50-25-10-12-27-52(50)61(53-28-13-11-26-51(53)60)65-57-31-17-15-29-55(57)59-58(65)41-40-54-49-24-14-16-30-56(49)64(62(54)59)46-22-8-3-9-23-46/h1-9,14-24,29-41,49,56H,10-13,25-28H2. The summed E-state index contributed by atoms with van der Waals surface area (Å²) >= 11 is 0. The first-order valence-corrected chi connectivity index (χ1v) is 23.9. The summed E-state index contributed by atoms with van der Waals surface area (Å²) in [7, 11) is 0. The Kier molecular flexibility index (Phi) is 9.22. The van der Waals surface area contributed by atoms with Crippen molar-refractivity contribution in [3.05, 3.63) is 228 Å². The molecule has 1 aliphatic heterocycles. The normalized spacial score (nSPS) is 17.2. The molecule has 2 atom stereocenters. The number of benzene rings is 8. The van der Waals surface area contributed by atoms with Crippen LogP contribution in [0.15, 0.2) is 200 Å². The van der Waals surface area contributed by atoms with E-state index in [1.165, 1.54) is 121 Å². The molecule has 2 unspecified atom stereocenters. The van der Waals surface area contributed by atoms with Gasteiger partial charge in [-0.15, -0.1) is 0 Å². The number of aromatic nitrogens is 1. The number of allylic oxidation sites excluding steroid dienone is 2. The lowest BCUT2D eigenvalue weighted by Gasteiger charge is -2.37. The second-order valence-corrected chi connectivity index (χ2v) is 18.4. The monoisotopic (exact) mass is 837 g/mol. The third kappa shape index (κ3) is 6.16. The van der Waals surface area contributed by atoms with Crippen LogP contribution in [0.2, 0.25) is 0 Å². The quantitative estimate of drug-likeness (QED) is 0.158. The third-order valence-corrected chi connectivity index (χ3v) is 14.9. The Bertz CT molecular complexity index is 3180. The maximum Gasteiger partial charge on any atom is 0.0629 e. The van der Waals surface area contributed by atoms with E-state index in [2.05, 4.69) is 215 Å². The van der Waals surface area contributed by atoms with E-state index in [1.54, 1.807) is 11.1 Å². The summed E-state index contributed by atoms with van der Waals surface area (Å²) in [5.74, 6) is 0.302. The molecule has 0 N–H and O–H groups in total. The predicted molar refractivity (Wildman–Crippen MR) is 273 cm³/mol. The van der Waals surface area contributed by atoms with E-state index in [9.17, 15) is 0 Å². The van der Waals surface area contributed by atoms with Gasteiger partial charge in [-0.1, -0.05) is 152 Å². The largest absolute Gasteiger partial charge is 0.333 e. The van der Waals surface area contributed by atoms with Crippen LogP contribution in [0.1, 0.15) is 59.4 Å². The van der Waals surface area contributed by atoms with Crippen LogP contribution in [0.4, 0.5) is 28.4 Å². The first-order chi connectivity index (χ1) is 32.3. The first kappa shape index (κ1) is 38.1. The maximum atomic E-state index is 2.73. The molecule has 0 amide bonds. The van der Waals surface area contributed by atoms with E-state index in [-0.39, 0.29) is 6.04 Å². The molecular weight excluding hydrogens is 787 g/mol. The lowest BCUT2D eigenvalue weighted by molar-refractivity contribution is 0.653. The molecule has 0 fully saturated rings. The highest BCUT2D eigenvalue weighted by Gasteiger charge is 2.40. The van der Waals surface area contributed by atoms with Gasteiger partial charge in [-0.3, -0.25) is 0 Å². The Morgan fingerprint density at radius 3 is 1.52 bits per heavy atom. The van der Waals surface area contributed by atoms with Crippen LogP contribution in [0, 0.1) is 0 Å². The summed E-state index contributed by atoms with van der Waals surface area (Å²) in [6.45, 7) is 0. The van der Waals surface area contributed by atoms with Gasteiger partial charge in [0, 0.05) is 33.8 Å². The SMILES string of the molecule is C1=CC2c3ccc4c(c3N(c3ccccc3)C2C=C1)c1ccccc1n4-c1c2c(c(N(c3ccc(-c4ccccc4)cc3)c3ccc(-c4ccccc4)cc3)c3c1CCCC3)CCCC2. The van der Waals surface area contributed by atoms with Gasteiger partial charge in [-0.05, 0) is 150 Å². The highest BCUT2D eigenvalue weighted by Crippen LogP contribution is 2.55. The minimum absolute atomic E-state index is 0.236. The molecular formula is C62H51N3. The van der Waals surface area contributed by atoms with Crippen molar-refractivity contribution in [3.8, 4) is 27.9 Å². The predicted octanol–water partition coefficient (Wildman–Crippen LogP) is 16.1. The van der Waals surface area contributed by atoms with Crippen molar-refractivity contribution >= 4 is 50.2 Å². The summed E-state index contributed by atoms with van der Waals surface area (Å²) < 4.78 is 2.73. The molecule has 4 aliphatic rings. The Morgan fingerprint density at radius 1 is 0.415 bits per heavy atom. The molecule has 0 spiro atoms. The first-order valence-electron chi connectivity index (χ1n) is 23.9. The average Bonchev–Trinajstić information content (AvgIpc) is 3.90. The molecule has 1 aromatic heterocycles. The van der Waals surface area contributed by atoms with E-state index >= 15 is 0 Å². The Hall–Kier alpha value is -7.36. The number of fused-ring (bicyclic) bond motifs is 9. The highest BCUT2D eigenvalue weighted by molar-refractivity contribution is 6.17. The zero-order valence-corrected chi connectivity index (χ0v) is 36.7. The summed E-state index contributed by atoms with van der Waals surface area (Å²) in [4.78, 5) is 5.28. The fraction of sp³-hybridized carbons (Fsp3) is 0.161. The Balaban J connectivity index is 1.06. The van der Waals surface area contributed by atoms with Crippen molar-refractivity contribution in [2.45, 2.75) is 63.3 Å². The zero-order chi connectivity index (χ0) is 42.8. The molecule has 0 saturated heterocycles. The highest BCUT2D eigenvalue weighted by atomic mass is 15.2. The number of nitrogens with zero attached hydrogens (tertiary/aromatic N) is 3. The second-order valence-electron chi connectivity index (χ2n) is 18.4. The lowest BCUT2D eigenvalue weighted by Crippen LogP contribution is -2.28. The van der Waals surface area contributed by atoms with Gasteiger partial charge >= 0.3 is 0 Å². The molecule has 9 aromatic rings. The van der Waals surface area contributed by atoms with E-state index < -0.39 is 0 Å². The molecule has 3 nitrogen and oxygen atoms in total. The van der Waals surface area contributed by atoms with Gasteiger partial charge in [0.25, 0.3) is 0 Å². The van der Waals surface area contributed by atoms with E-state index in [1.807, 2.05) is 0 Å². The summed E-state index contributed by atoms with van der Waals surface area (Å²) in [6.07, 6.45) is 18.4. The molecule has 8 aromatic carbocycles. The van der Waals surface area contributed by atoms with Gasteiger partial charge in [0.1, 0.15) is 0 Å². The summed E-state index contributed by atoms with van der Waals surface area (Å²) in [5, 5.41) is 2.71. The van der Waals surface area contributed by atoms with Gasteiger partial charge in [-0.2, -0.15) is 0 Å². The van der Waals surface area contributed by atoms with Gasteiger partial charge in [-0.25, -0.2) is 0 Å². The maximum absolute atomic E-state index is 2.73. The molecule has 3 heteroatoms. The molecule has 3 aliphatic carbocycles. The molecule has 2 heterocycles. The molecule has 65 heavy (non-hydrogen) atoms. The van der Waals surface area contributed by atoms with Crippen molar-refractivity contribution in [3.63, 3.8) is 0 Å². The fourth-order valence-electron chi connectivity index (χ4n) is 12.0. The van der Waals surface area contributed by atoms with Crippen LogP contribution in [0.25, 0.3) is 49.7 Å². The van der Waals surface area contributed by atoms with Crippen LogP contribution in [-0.2, 0) is 25.7 Å². The van der Waals surface area contributed by atoms with Crippen LogP contribution in [0.5, 0.6) is 0 Å². The van der Waals surface area contributed by atoms with Crippen LogP contribution < -0.4 is 9.80 Å². The van der Waals surface area contributed by atoms with Crippen molar-refractivity contribution in [1.82, 2.24) is 4.57 Å². The number of rotatable bonds is 7. The fourth-order valence-corrected chi connectivity index (χ4v) is 12.0. The number of hydrogen-bond donors (Lipinski definition) is 0. The Labute approximate surface area is 382 Å². The Morgan fingerprint density at radius 2 is 0.923 bits per heavy atom. The number of para-hydroxylation sites is 2. The van der Waals surface area contributed by atoms with Gasteiger partial charge in [0.15, 0.2) is 0 Å². The smallest absolute Gasteiger partial charge is 0.0629 e. The zero-order valence-electron chi connectivity index (χ0n) is 36.7. The van der Waals surface area contributed by atoms with Crippen molar-refractivity contribution in [2.24, 2.45) is 0 Å². The van der Waals surface area contributed by atoms with Gasteiger partial charge in [0.05, 0.1) is 34.1 Å². The van der Waals surface area contributed by atoms with Crippen LogP contribution >= 0.6 is 0 Å². The van der Waals surface area contributed by atoms with Crippen LogP contribution in [0.3, 0.4) is 0 Å². The van der Waals surface area contributed by atoms with Gasteiger partial charge < -0.3 is 14.4 Å². The van der Waals surface area contributed by atoms with Crippen LogP contribution in [-0.4, -0.2) is 10.6 Å². The summed E-state index contributed by atoms with van der Waals surface area (Å²) in [6, 6.07) is 65.8. The number of anilines is 5. The average molecular weight is 838 g/mol. The lowest BCUT2D eigenvalue weighted by atomic mass is 9.79. The minimum atomic E-state index is 0.236. The van der Waals surface area contributed by atoms with Crippen molar-refractivity contribution in [1.29, 1.82) is 0 Å². The molecule has 0 saturated carbocycles. The molecule has 13 rings (SSSR count). The van der Waals surface area contributed by atoms with E-state index in [0.29, 0.717) is 5.92 Å². The minimum Gasteiger partial charge on any atom is -0.333 e. The third-order valence-electron chi connectivity index (χ3n) is 14.9. The number of hydrogen-bond acceptors (Lipinski definition) is 2. The van der Waals surface area contributed by atoms with E-state index in [0.717, 1.165) is 25.7 Å². The molecule has 0 bridgehead atoms. The molecule has 0 radical (unpaired) electrons.